The van der Waals surface area contributed by atoms with Crippen LogP contribution in [0.1, 0.15) is 56.1 Å². The topological polar surface area (TPSA) is 65.2 Å². The van der Waals surface area contributed by atoms with E-state index in [-0.39, 0.29) is 17.3 Å². The minimum Gasteiger partial charge on any atom is -0.506 e. The summed E-state index contributed by atoms with van der Waals surface area (Å²) in [6, 6.07) is 13.6. The van der Waals surface area contributed by atoms with Gasteiger partial charge >= 0.3 is 0 Å². The number of fused-ring (bicyclic) bond motifs is 5. The van der Waals surface area contributed by atoms with Gasteiger partial charge in [0.05, 0.1) is 11.8 Å². The van der Waals surface area contributed by atoms with Crippen LogP contribution >= 0.6 is 0 Å². The van der Waals surface area contributed by atoms with Crippen molar-refractivity contribution >= 4 is 11.4 Å². The maximum atomic E-state index is 10.6. The van der Waals surface area contributed by atoms with Crippen LogP contribution in [0.3, 0.4) is 0 Å². The van der Waals surface area contributed by atoms with E-state index in [1.807, 2.05) is 36.4 Å². The van der Waals surface area contributed by atoms with Gasteiger partial charge in [0.15, 0.2) is 0 Å². The summed E-state index contributed by atoms with van der Waals surface area (Å²) in [7, 11) is 0. The van der Waals surface area contributed by atoms with Crippen molar-refractivity contribution in [1.82, 2.24) is 0 Å². The highest BCUT2D eigenvalue weighted by Gasteiger charge is 2.54. The van der Waals surface area contributed by atoms with Crippen LogP contribution in [-0.2, 0) is 6.42 Å². The summed E-state index contributed by atoms with van der Waals surface area (Å²) in [5, 5.41) is 29.7. The highest BCUT2D eigenvalue weighted by Crippen LogP contribution is 2.61. The number of rotatable bonds is 2. The van der Waals surface area contributed by atoms with Crippen LogP contribution in [0.4, 0.5) is 11.4 Å². The molecule has 0 aromatic heterocycles. The summed E-state index contributed by atoms with van der Waals surface area (Å²) in [4.78, 5) is 0. The molecule has 4 nitrogen and oxygen atoms in total. The number of aromatic hydroxyl groups is 1. The average molecular weight is 377 g/mol. The molecule has 0 aliphatic heterocycles. The van der Waals surface area contributed by atoms with Gasteiger partial charge in [-0.25, -0.2) is 0 Å². The Morgan fingerprint density at radius 1 is 1.00 bits per heavy atom. The van der Waals surface area contributed by atoms with Gasteiger partial charge in [-0.1, -0.05) is 25.1 Å². The predicted octanol–water partition coefficient (Wildman–Crippen LogP) is 6.02. The first-order valence-corrected chi connectivity index (χ1v) is 10.6. The maximum Gasteiger partial charge on any atom is 0.143 e. The molecule has 2 N–H and O–H groups in total. The van der Waals surface area contributed by atoms with Gasteiger partial charge in [-0.15, -0.1) is 5.11 Å². The number of nitrogens with zero attached hydrogens (tertiary/aromatic N) is 2. The van der Waals surface area contributed by atoms with E-state index in [9.17, 15) is 10.2 Å². The van der Waals surface area contributed by atoms with Gasteiger partial charge in [-0.2, -0.15) is 5.11 Å². The molecule has 0 bridgehead atoms. The Hall–Kier alpha value is -2.20. The Morgan fingerprint density at radius 3 is 2.64 bits per heavy atom. The second kappa shape index (κ2) is 6.70. The summed E-state index contributed by atoms with van der Waals surface area (Å²) in [5.74, 6) is 1.97. The lowest BCUT2D eigenvalue weighted by Gasteiger charge is -2.50. The minimum atomic E-state index is -0.144. The molecule has 2 aromatic rings. The van der Waals surface area contributed by atoms with Crippen LogP contribution in [0.2, 0.25) is 0 Å². The molecule has 5 atom stereocenters. The molecule has 5 rings (SSSR count). The van der Waals surface area contributed by atoms with Gasteiger partial charge in [0.25, 0.3) is 0 Å². The zero-order chi connectivity index (χ0) is 19.3. The summed E-state index contributed by atoms with van der Waals surface area (Å²) in [5.41, 5.74) is 4.04. The quantitative estimate of drug-likeness (QED) is 0.629. The number of aliphatic hydroxyl groups is 1. The van der Waals surface area contributed by atoms with E-state index in [2.05, 4.69) is 23.2 Å². The molecule has 3 aliphatic carbocycles. The van der Waals surface area contributed by atoms with E-state index in [1.54, 1.807) is 0 Å². The molecule has 0 amide bonds. The van der Waals surface area contributed by atoms with Gasteiger partial charge in [-0.3, -0.25) is 0 Å². The van der Waals surface area contributed by atoms with Crippen molar-refractivity contribution in [3.05, 3.63) is 53.6 Å². The Balaban J connectivity index is 1.48. The molecule has 28 heavy (non-hydrogen) atoms. The Bertz CT molecular complexity index is 910. The zero-order valence-electron chi connectivity index (χ0n) is 16.4. The molecule has 0 spiro atoms. The summed E-state index contributed by atoms with van der Waals surface area (Å²) in [6.07, 6.45) is 6.31. The fourth-order valence-electron chi connectivity index (χ4n) is 6.26. The van der Waals surface area contributed by atoms with Crippen LogP contribution in [0.25, 0.3) is 0 Å². The number of aryl methyl sites for hydroxylation is 1. The van der Waals surface area contributed by atoms with Crippen molar-refractivity contribution in [1.29, 1.82) is 0 Å². The van der Waals surface area contributed by atoms with E-state index < -0.39 is 0 Å². The molecule has 2 saturated carbocycles. The van der Waals surface area contributed by atoms with E-state index >= 15 is 0 Å². The van der Waals surface area contributed by atoms with E-state index in [0.29, 0.717) is 23.4 Å². The van der Waals surface area contributed by atoms with Crippen LogP contribution in [0, 0.1) is 17.3 Å². The molecule has 0 radical (unpaired) electrons. The number of phenols is 1. The second-order valence-electron chi connectivity index (χ2n) is 9.13. The fourth-order valence-corrected chi connectivity index (χ4v) is 6.26. The molecule has 3 aliphatic rings. The van der Waals surface area contributed by atoms with Gasteiger partial charge in [-0.05, 0) is 97.1 Å². The minimum absolute atomic E-state index is 0.0887. The van der Waals surface area contributed by atoms with Gasteiger partial charge < -0.3 is 10.2 Å². The van der Waals surface area contributed by atoms with Gasteiger partial charge in [0.2, 0.25) is 0 Å². The SMILES string of the molecule is C[C@]12CC[C@@H]3c4cc(N=Nc5ccccc5)c(O)cc4CC[C@H]3[C@@H]1CC[C@@H]2O. The molecule has 2 aromatic carbocycles. The van der Waals surface area contributed by atoms with Crippen LogP contribution in [0.15, 0.2) is 52.7 Å². The second-order valence-corrected chi connectivity index (χ2v) is 9.13. The van der Waals surface area contributed by atoms with Gasteiger partial charge in [0, 0.05) is 0 Å². The Kier molecular flexibility index (Phi) is 4.27. The largest absolute Gasteiger partial charge is 0.506 e. The highest BCUT2D eigenvalue weighted by atomic mass is 16.3. The lowest BCUT2D eigenvalue weighted by atomic mass is 9.55. The number of phenolic OH excluding ortho intramolecular Hbond substituents is 1. The predicted molar refractivity (Wildman–Crippen MR) is 109 cm³/mol. The molecular formula is C24H28N2O2. The van der Waals surface area contributed by atoms with Crippen LogP contribution in [0.5, 0.6) is 5.75 Å². The molecule has 0 unspecified atom stereocenters. The van der Waals surface area contributed by atoms with Crippen molar-refractivity contribution < 1.29 is 10.2 Å². The van der Waals surface area contributed by atoms with Crippen molar-refractivity contribution in [2.45, 2.75) is 57.5 Å². The highest BCUT2D eigenvalue weighted by molar-refractivity contribution is 5.57. The molecule has 4 heteroatoms. The van der Waals surface area contributed by atoms with Crippen molar-refractivity contribution in [2.75, 3.05) is 0 Å². The third-order valence-electron chi connectivity index (χ3n) is 7.80. The average Bonchev–Trinajstić information content (AvgIpc) is 3.02. The van der Waals surface area contributed by atoms with Crippen molar-refractivity contribution in [3.63, 3.8) is 0 Å². The number of hydrogen-bond acceptors (Lipinski definition) is 4. The number of aliphatic hydroxyl groups excluding tert-OH is 1. The lowest BCUT2D eigenvalue weighted by Crippen LogP contribution is -2.43. The molecular weight excluding hydrogens is 348 g/mol. The summed E-state index contributed by atoms with van der Waals surface area (Å²) >= 11 is 0. The number of hydrogen-bond donors (Lipinski definition) is 2. The zero-order valence-corrected chi connectivity index (χ0v) is 16.4. The lowest BCUT2D eigenvalue weighted by molar-refractivity contribution is -0.0226. The molecule has 146 valence electrons. The molecule has 0 heterocycles. The first kappa shape index (κ1) is 17.9. The third-order valence-corrected chi connectivity index (χ3v) is 7.80. The summed E-state index contributed by atoms with van der Waals surface area (Å²) < 4.78 is 0. The standard InChI is InChI=1S/C24H28N2O2/c1-24-12-11-17-18(20(24)9-10-23(24)28)8-7-15-13-22(27)21(14-19(15)17)26-25-16-5-3-2-4-6-16/h2-6,13-14,17-18,20,23,27-28H,7-12H2,1H3/t17-,18+,20-,23-,24-/m0/s1. The van der Waals surface area contributed by atoms with E-state index in [1.165, 1.54) is 11.1 Å². The van der Waals surface area contributed by atoms with E-state index in [4.69, 9.17) is 0 Å². The normalized spacial score (nSPS) is 34.1. The van der Waals surface area contributed by atoms with Gasteiger partial charge in [0.1, 0.15) is 11.4 Å². The molecule has 0 saturated heterocycles. The van der Waals surface area contributed by atoms with Crippen molar-refractivity contribution in [2.24, 2.45) is 27.5 Å². The first-order chi connectivity index (χ1) is 13.6. The summed E-state index contributed by atoms with van der Waals surface area (Å²) in [6.45, 7) is 2.30. The number of benzene rings is 2. The Morgan fingerprint density at radius 2 is 1.82 bits per heavy atom. The van der Waals surface area contributed by atoms with Crippen LogP contribution < -0.4 is 0 Å². The number of azo groups is 1. The third kappa shape index (κ3) is 2.77. The van der Waals surface area contributed by atoms with Crippen molar-refractivity contribution in [3.8, 4) is 5.75 Å². The van der Waals surface area contributed by atoms with Crippen LogP contribution in [-0.4, -0.2) is 16.3 Å². The molecule has 2 fully saturated rings. The smallest absolute Gasteiger partial charge is 0.143 e. The Labute approximate surface area is 166 Å². The first-order valence-electron chi connectivity index (χ1n) is 10.6. The monoisotopic (exact) mass is 376 g/mol. The maximum absolute atomic E-state index is 10.6. The van der Waals surface area contributed by atoms with E-state index in [0.717, 1.165) is 44.2 Å². The fraction of sp³-hybridized carbons (Fsp3) is 0.500.